The monoisotopic (exact) mass is 1190 g/mol. The van der Waals surface area contributed by atoms with Crippen LogP contribution in [0.4, 0.5) is 9.59 Å². The Bertz CT molecular complexity index is 2790. The predicted molar refractivity (Wildman–Crippen MR) is 296 cm³/mol. The van der Waals surface area contributed by atoms with E-state index in [9.17, 15) is 46.2 Å². The molecular formula is C56H77N5O19S2. The Morgan fingerprint density at radius 1 is 0.659 bits per heavy atom. The van der Waals surface area contributed by atoms with Crippen LogP contribution < -0.4 is 20.5 Å². The average molecular weight is 1190 g/mol. The molecular weight excluding hydrogens is 1110 g/mol. The number of sulfonamides is 2. The Morgan fingerprint density at radius 3 is 1.50 bits per heavy atom. The van der Waals surface area contributed by atoms with Crippen LogP contribution in [0.2, 0.25) is 0 Å². The minimum absolute atomic E-state index is 0.0167. The van der Waals surface area contributed by atoms with Crippen molar-refractivity contribution in [3.63, 3.8) is 0 Å². The quantitative estimate of drug-likeness (QED) is 0.0355. The van der Waals surface area contributed by atoms with E-state index in [-0.39, 0.29) is 53.9 Å². The number of hydroxylamine groups is 4. The summed E-state index contributed by atoms with van der Waals surface area (Å²) in [6.07, 6.45) is -2.53. The Hall–Kier alpha value is -6.30. The Morgan fingerprint density at radius 2 is 1.09 bits per heavy atom. The molecule has 4 aromatic carbocycles. The molecule has 3 aliphatic rings. The van der Waals surface area contributed by atoms with Crippen molar-refractivity contribution < 1.29 is 89.2 Å². The van der Waals surface area contributed by atoms with Crippen LogP contribution in [-0.2, 0) is 75.9 Å². The van der Waals surface area contributed by atoms with Gasteiger partial charge in [-0.1, -0.05) is 88.5 Å². The highest BCUT2D eigenvalue weighted by molar-refractivity contribution is 7.89. The summed E-state index contributed by atoms with van der Waals surface area (Å²) in [5, 5.41) is 25.0. The molecule has 7 rings (SSSR count). The van der Waals surface area contributed by atoms with Gasteiger partial charge in [0.1, 0.15) is 23.7 Å². The highest BCUT2D eigenvalue weighted by Crippen LogP contribution is 2.25. The number of hydrogen-bond acceptors (Lipinski definition) is 20. The molecule has 26 heteroatoms. The van der Waals surface area contributed by atoms with Gasteiger partial charge in [-0.15, -0.1) is 0 Å². The largest absolute Gasteiger partial charge is 0.534 e. The zero-order valence-electron chi connectivity index (χ0n) is 47.0. The molecule has 3 amide bonds. The fourth-order valence-electron chi connectivity index (χ4n) is 7.86. The first-order valence-electron chi connectivity index (χ1n) is 26.9. The molecule has 452 valence electrons. The highest BCUT2D eigenvalue weighted by Gasteiger charge is 2.36. The van der Waals surface area contributed by atoms with Gasteiger partial charge in [-0.25, -0.2) is 26.4 Å². The van der Waals surface area contributed by atoms with Gasteiger partial charge >= 0.3 is 12.2 Å². The molecule has 0 radical (unpaired) electrons. The second-order valence-corrected chi connectivity index (χ2v) is 23.0. The number of nitrogens with two attached hydrogens (primary N) is 1. The van der Waals surface area contributed by atoms with E-state index in [1.54, 1.807) is 26.0 Å². The molecule has 4 aromatic rings. The van der Waals surface area contributed by atoms with Gasteiger partial charge in [0, 0.05) is 31.7 Å². The third-order valence-corrected chi connectivity index (χ3v) is 16.3. The fraction of sp³-hybridized carbons (Fsp3) is 0.500. The summed E-state index contributed by atoms with van der Waals surface area (Å²) in [5.41, 5.74) is 7.95. The summed E-state index contributed by atoms with van der Waals surface area (Å²) >= 11 is 0. The minimum Gasteiger partial charge on any atom is -0.497 e. The average Bonchev–Trinajstić information content (AvgIpc) is 4.37. The Balaban J connectivity index is 0.000000242. The van der Waals surface area contributed by atoms with Crippen molar-refractivity contribution in [3.8, 4) is 11.5 Å². The smallest absolute Gasteiger partial charge is 0.497 e. The first-order valence-corrected chi connectivity index (χ1v) is 29.8. The number of aliphatic hydroxyl groups excluding tert-OH is 2. The van der Waals surface area contributed by atoms with Gasteiger partial charge in [0.2, 0.25) is 0 Å². The van der Waals surface area contributed by atoms with Crippen molar-refractivity contribution >= 4 is 44.1 Å². The molecule has 0 aromatic heterocycles. The van der Waals surface area contributed by atoms with Crippen LogP contribution in [0.3, 0.4) is 0 Å². The van der Waals surface area contributed by atoms with Crippen LogP contribution in [0.1, 0.15) is 77.3 Å². The molecule has 5 N–H and O–H groups in total. The van der Waals surface area contributed by atoms with Crippen LogP contribution in [0.25, 0.3) is 0 Å². The van der Waals surface area contributed by atoms with Crippen molar-refractivity contribution in [1.29, 1.82) is 0 Å². The highest BCUT2D eigenvalue weighted by atomic mass is 32.2. The number of carbonyl (C=O) groups is 4. The standard InChI is InChI=1S/C26H36N2O8S.C21H30N2O5S.C9H11NO6/c1-4-19(2)36-28(37(31,32)23-12-10-21(33-3)11-13-23)17-25(29)24(16-20-8-6-5-7-9-20)27-26(30)35-22-14-15-34-18-22;1-4-16(2)28-23(29(25,26)19-12-10-18(27-3)11-13-19)15-21(24)20(22)14-17-8-6-5-7-9-17;11-7-1-2-8(12)10(7)16-9(13)15-6-3-4-14-5-6/h5-13,19,22,24-25,29H,4,14-18H2,1-3H3,(H,27,30);5-13,16,20-21,24H,4,14-15,22H2,1-3H3;6H,1-5H2/t19?,22?,24-,25+;16?,20-,21+;6-/m000/s1. The first kappa shape index (κ1) is 66.5. The van der Waals surface area contributed by atoms with E-state index in [4.69, 9.17) is 43.8 Å². The number of ether oxygens (including phenoxy) is 6. The van der Waals surface area contributed by atoms with Gasteiger partial charge in [-0.3, -0.25) is 24.1 Å². The fourth-order valence-corrected chi connectivity index (χ4v) is 10.5. The number of methoxy groups -OCH3 is 2. The topological polar surface area (TPSA) is 308 Å². The number of amides is 3. The maximum absolute atomic E-state index is 13.5. The molecule has 3 unspecified atom stereocenters. The van der Waals surface area contributed by atoms with E-state index < -0.39 is 81.0 Å². The van der Waals surface area contributed by atoms with Crippen molar-refractivity contribution in [3.05, 3.63) is 120 Å². The lowest BCUT2D eigenvalue weighted by Gasteiger charge is -2.30. The molecule has 0 aliphatic carbocycles. The van der Waals surface area contributed by atoms with Crippen LogP contribution in [0.15, 0.2) is 119 Å². The summed E-state index contributed by atoms with van der Waals surface area (Å²) in [6, 6.07) is 29.2. The maximum atomic E-state index is 13.5. The SMILES string of the molecule is CCC(C)ON(C[C@@H](O)[C@@H](N)Cc1ccccc1)S(=O)(=O)c1ccc(OC)cc1.CCC(C)ON(C[C@@H](O)[C@H](Cc1ccccc1)NC(=O)OC1CCOC1)S(=O)(=O)c1ccc(OC)cc1.O=C(O[C@H]1CCOC1)ON1C(=O)CCC1=O. The lowest BCUT2D eigenvalue weighted by Crippen LogP contribution is -2.51. The van der Waals surface area contributed by atoms with E-state index in [1.165, 1.54) is 50.6 Å². The Kier molecular flexibility index (Phi) is 26.9. The number of alkyl carbamates (subject to hydrolysis) is 1. The predicted octanol–water partition coefficient (Wildman–Crippen LogP) is 5.24. The molecule has 8 atom stereocenters. The lowest BCUT2D eigenvalue weighted by molar-refractivity contribution is -0.178. The zero-order valence-corrected chi connectivity index (χ0v) is 48.6. The second-order valence-electron chi connectivity index (χ2n) is 19.3. The van der Waals surface area contributed by atoms with Crippen LogP contribution >= 0.6 is 0 Å². The van der Waals surface area contributed by atoms with E-state index in [0.717, 1.165) is 20.1 Å². The van der Waals surface area contributed by atoms with Crippen LogP contribution in [0.5, 0.6) is 11.5 Å². The van der Waals surface area contributed by atoms with Crippen molar-refractivity contribution in [2.24, 2.45) is 5.73 Å². The number of nitrogens with one attached hydrogen (secondary N) is 1. The van der Waals surface area contributed by atoms with E-state index in [0.29, 0.717) is 75.1 Å². The minimum atomic E-state index is -4.14. The molecule has 24 nitrogen and oxygen atoms in total. The second kappa shape index (κ2) is 33.1. The number of benzene rings is 4. The van der Waals surface area contributed by atoms with Gasteiger partial charge in [-0.05, 0) is 99.2 Å². The normalized spacial score (nSPS) is 18.5. The third-order valence-electron chi connectivity index (χ3n) is 13.0. The Labute approximate surface area is 479 Å². The third kappa shape index (κ3) is 20.8. The molecule has 3 fully saturated rings. The summed E-state index contributed by atoms with van der Waals surface area (Å²) in [7, 11) is -5.14. The lowest BCUT2D eigenvalue weighted by atomic mass is 10.0. The van der Waals surface area contributed by atoms with E-state index in [1.807, 2.05) is 74.5 Å². The van der Waals surface area contributed by atoms with Gasteiger partial charge in [0.25, 0.3) is 31.9 Å². The van der Waals surface area contributed by atoms with Gasteiger partial charge in [-0.2, -0.15) is 0 Å². The number of carbonyl (C=O) groups excluding carboxylic acids is 4. The zero-order chi connectivity index (χ0) is 59.8. The first-order chi connectivity index (χ1) is 39.2. The number of hydrogen-bond donors (Lipinski definition) is 4. The van der Waals surface area contributed by atoms with Gasteiger partial charge in [0.05, 0.1) is 94.0 Å². The summed E-state index contributed by atoms with van der Waals surface area (Å²) in [4.78, 5) is 62.0. The summed E-state index contributed by atoms with van der Waals surface area (Å²) in [5.74, 6) is 0.00388. The molecule has 0 saturated carbocycles. The van der Waals surface area contributed by atoms with Crippen molar-refractivity contribution in [1.82, 2.24) is 19.3 Å². The summed E-state index contributed by atoms with van der Waals surface area (Å²) < 4.78 is 85.5. The van der Waals surface area contributed by atoms with E-state index in [2.05, 4.69) is 10.2 Å². The molecule has 3 aliphatic heterocycles. The molecule has 0 bridgehead atoms. The number of aliphatic hydroxyl groups is 2. The van der Waals surface area contributed by atoms with Crippen LogP contribution in [-0.4, -0.2) is 168 Å². The molecule has 0 spiro atoms. The van der Waals surface area contributed by atoms with Crippen molar-refractivity contribution in [2.45, 2.75) is 138 Å². The molecule has 3 heterocycles. The molecule has 82 heavy (non-hydrogen) atoms. The number of nitrogens with zero attached hydrogens (tertiary/aromatic N) is 3. The van der Waals surface area contributed by atoms with Gasteiger partial charge in [0.15, 0.2) is 0 Å². The van der Waals surface area contributed by atoms with Crippen LogP contribution in [0, 0.1) is 0 Å². The number of imide groups is 1. The maximum Gasteiger partial charge on any atom is 0.534 e. The summed E-state index contributed by atoms with van der Waals surface area (Å²) in [6.45, 7) is 8.25. The molecule has 3 saturated heterocycles. The van der Waals surface area contributed by atoms with Gasteiger partial charge < -0.3 is 49.7 Å². The number of rotatable bonds is 26. The van der Waals surface area contributed by atoms with E-state index >= 15 is 0 Å². The van der Waals surface area contributed by atoms with Crippen molar-refractivity contribution in [2.75, 3.05) is 53.7 Å².